The Bertz CT molecular complexity index is 321. The first kappa shape index (κ1) is 8.89. The van der Waals surface area contributed by atoms with Crippen LogP contribution in [0.15, 0.2) is 60.7 Å². The van der Waals surface area contributed by atoms with Gasteiger partial charge in [-0.2, -0.15) is 0 Å². The monoisotopic (exact) mass is 270 g/mol. The van der Waals surface area contributed by atoms with Crippen LogP contribution in [0.4, 0.5) is 0 Å². The molecule has 0 nitrogen and oxygen atoms in total. The van der Waals surface area contributed by atoms with Crippen LogP contribution in [0.25, 0.3) is 0 Å². The molecule has 0 N–H and O–H groups in total. The van der Waals surface area contributed by atoms with Gasteiger partial charge < -0.3 is 1.43 Å². The number of rotatable bonds is 2. The zero-order valence-electron chi connectivity index (χ0n) is 8.35. The number of hydrogen-bond donors (Lipinski definition) is 0. The molecule has 1 heteroatoms. The molecule has 2 rings (SSSR count). The van der Waals surface area contributed by atoms with Crippen LogP contribution < -0.4 is 6.64 Å². The molecule has 13 heavy (non-hydrogen) atoms. The van der Waals surface area contributed by atoms with Gasteiger partial charge in [-0.25, -0.2) is 0 Å². The van der Waals surface area contributed by atoms with E-state index in [4.69, 9.17) is 0 Å². The summed E-state index contributed by atoms with van der Waals surface area (Å²) < 4.78 is 3.12. The Morgan fingerprint density at radius 2 is 1.00 bits per heavy atom. The van der Waals surface area contributed by atoms with Crippen molar-refractivity contribution in [1.29, 1.82) is 0 Å². The molecular formula is C12H11In-. The van der Waals surface area contributed by atoms with Crippen LogP contribution in [0, 0.1) is 0 Å². The summed E-state index contributed by atoms with van der Waals surface area (Å²) in [6, 6.07) is 21.7. The molecule has 1 radical (unpaired) electrons. The van der Waals surface area contributed by atoms with Gasteiger partial charge in [0.15, 0.2) is 0 Å². The molecule has 0 saturated carbocycles. The second kappa shape index (κ2) is 4.52. The average molecular weight is 270 g/mol. The Balaban J connectivity index is 0.000000980. The van der Waals surface area contributed by atoms with Crippen LogP contribution >= 0.6 is 0 Å². The van der Waals surface area contributed by atoms with E-state index in [9.17, 15) is 0 Å². The Hall–Kier alpha value is -0.690. The first-order valence-electron chi connectivity index (χ1n) is 4.40. The maximum atomic E-state index is 2.24. The minimum absolute atomic E-state index is 0. The van der Waals surface area contributed by atoms with E-state index < -0.39 is 22.9 Å². The first-order chi connectivity index (χ1) is 6.45. The molecule has 2 aromatic carbocycles. The molecule has 0 bridgehead atoms. The van der Waals surface area contributed by atoms with Gasteiger partial charge in [0.2, 0.25) is 0 Å². The van der Waals surface area contributed by atoms with Gasteiger partial charge in [0.25, 0.3) is 0 Å². The third kappa shape index (κ3) is 2.63. The van der Waals surface area contributed by atoms with Crippen LogP contribution in [0.2, 0.25) is 0 Å². The fourth-order valence-electron chi connectivity index (χ4n) is 1.29. The van der Waals surface area contributed by atoms with Gasteiger partial charge in [-0.15, -0.1) is 0 Å². The van der Waals surface area contributed by atoms with Crippen LogP contribution in [0.5, 0.6) is 0 Å². The fourth-order valence-corrected chi connectivity index (χ4v) is 4.76. The van der Waals surface area contributed by atoms with E-state index in [1.165, 1.54) is 0 Å². The van der Waals surface area contributed by atoms with Gasteiger partial charge in [0.05, 0.1) is 0 Å². The maximum absolute atomic E-state index is 2.24. The summed E-state index contributed by atoms with van der Waals surface area (Å²) in [5.74, 6) is 0. The van der Waals surface area contributed by atoms with Gasteiger partial charge in [-0.1, -0.05) is 0 Å². The van der Waals surface area contributed by atoms with Gasteiger partial charge in [0, 0.05) is 0 Å². The van der Waals surface area contributed by atoms with Crippen molar-refractivity contribution in [2.75, 3.05) is 0 Å². The summed E-state index contributed by atoms with van der Waals surface area (Å²) in [5.41, 5.74) is 0. The molecule has 0 fully saturated rings. The second-order valence-corrected chi connectivity index (χ2v) is 7.60. The summed E-state index contributed by atoms with van der Waals surface area (Å²) in [6.07, 6.45) is 0. The van der Waals surface area contributed by atoms with Crippen molar-refractivity contribution in [3.05, 3.63) is 60.7 Å². The molecule has 0 saturated heterocycles. The van der Waals surface area contributed by atoms with E-state index >= 15 is 0 Å². The molecule has 0 aliphatic rings. The Kier molecular flexibility index (Phi) is 3.09. The van der Waals surface area contributed by atoms with E-state index in [1.807, 2.05) is 0 Å². The van der Waals surface area contributed by atoms with Crippen molar-refractivity contribution in [3.63, 3.8) is 0 Å². The average Bonchev–Trinajstić information content (AvgIpc) is 2.21. The molecule has 63 valence electrons. The predicted octanol–water partition coefficient (Wildman–Crippen LogP) is 1.45. The quantitative estimate of drug-likeness (QED) is 0.775. The van der Waals surface area contributed by atoms with Gasteiger partial charge in [-0.3, -0.25) is 0 Å². The summed E-state index contributed by atoms with van der Waals surface area (Å²) in [4.78, 5) is 0. The second-order valence-electron chi connectivity index (χ2n) is 2.97. The van der Waals surface area contributed by atoms with Gasteiger partial charge >= 0.3 is 90.2 Å². The minimum atomic E-state index is -0.699. The van der Waals surface area contributed by atoms with E-state index in [0.717, 1.165) is 0 Å². The summed E-state index contributed by atoms with van der Waals surface area (Å²) in [6.45, 7) is 0. The molecule has 0 amide bonds. The number of hydrogen-bond acceptors (Lipinski definition) is 0. The van der Waals surface area contributed by atoms with Crippen molar-refractivity contribution >= 4 is 29.5 Å². The van der Waals surface area contributed by atoms with Crippen LogP contribution in [0.3, 0.4) is 0 Å². The Morgan fingerprint density at radius 1 is 0.615 bits per heavy atom. The molecule has 0 aliphatic carbocycles. The van der Waals surface area contributed by atoms with Crippen LogP contribution in [0.1, 0.15) is 1.43 Å². The Labute approximate surface area is 91.5 Å². The molecular weight excluding hydrogens is 259 g/mol. The number of benzene rings is 2. The molecule has 0 spiro atoms. The van der Waals surface area contributed by atoms with E-state index in [-0.39, 0.29) is 1.43 Å². The zero-order chi connectivity index (χ0) is 8.93. The SMILES string of the molecule is [H-].c1cc[c]([In][c]2ccccc2)cc1. The Morgan fingerprint density at radius 3 is 1.38 bits per heavy atom. The molecule has 0 aromatic heterocycles. The molecule has 0 unspecified atom stereocenters. The van der Waals surface area contributed by atoms with Crippen LogP contribution in [-0.2, 0) is 0 Å². The van der Waals surface area contributed by atoms with Crippen molar-refractivity contribution in [1.82, 2.24) is 0 Å². The standard InChI is InChI=1S/2C6H5.In.H/c2*1-2-4-6-5-3-1;;/h2*1-5H;;/q;;;-1. The fraction of sp³-hybridized carbons (Fsp3) is 0. The van der Waals surface area contributed by atoms with Gasteiger partial charge in [-0.05, 0) is 0 Å². The predicted molar refractivity (Wildman–Crippen MR) is 59.0 cm³/mol. The molecule has 0 heterocycles. The summed E-state index contributed by atoms with van der Waals surface area (Å²) in [5, 5.41) is 0. The summed E-state index contributed by atoms with van der Waals surface area (Å²) in [7, 11) is 0. The topological polar surface area (TPSA) is 0 Å². The zero-order valence-corrected chi connectivity index (χ0v) is 10.6. The molecule has 0 atom stereocenters. The van der Waals surface area contributed by atoms with Crippen molar-refractivity contribution in [3.8, 4) is 0 Å². The van der Waals surface area contributed by atoms with E-state index in [0.29, 0.717) is 0 Å². The van der Waals surface area contributed by atoms with Crippen molar-refractivity contribution in [2.24, 2.45) is 0 Å². The van der Waals surface area contributed by atoms with Gasteiger partial charge in [0.1, 0.15) is 0 Å². The first-order valence-corrected chi connectivity index (χ1v) is 7.69. The molecule has 0 aliphatic heterocycles. The van der Waals surface area contributed by atoms with Crippen LogP contribution in [-0.4, -0.2) is 22.9 Å². The van der Waals surface area contributed by atoms with Crippen molar-refractivity contribution in [2.45, 2.75) is 0 Å². The van der Waals surface area contributed by atoms with Crippen molar-refractivity contribution < 1.29 is 1.43 Å². The third-order valence-electron chi connectivity index (χ3n) is 1.93. The van der Waals surface area contributed by atoms with E-state index in [2.05, 4.69) is 60.7 Å². The summed E-state index contributed by atoms with van der Waals surface area (Å²) >= 11 is -0.699. The molecule has 2 aromatic rings. The third-order valence-corrected chi connectivity index (χ3v) is 6.03. The van der Waals surface area contributed by atoms with E-state index in [1.54, 1.807) is 6.64 Å². The normalized spacial score (nSPS) is 9.54.